The van der Waals surface area contributed by atoms with Gasteiger partial charge in [0.15, 0.2) is 11.5 Å². The second-order valence-electron chi connectivity index (χ2n) is 6.35. The molecule has 0 saturated heterocycles. The second kappa shape index (κ2) is 6.99. The van der Waals surface area contributed by atoms with Crippen LogP contribution in [0.15, 0.2) is 60.9 Å². The number of carbonyl (C=O) groups excluding carboxylic acids is 1. The van der Waals surface area contributed by atoms with Gasteiger partial charge in [0.05, 0.1) is 6.54 Å². The Balaban J connectivity index is 1.67. The lowest BCUT2D eigenvalue weighted by Gasteiger charge is -2.20. The van der Waals surface area contributed by atoms with Crippen LogP contribution in [0, 0.1) is 0 Å². The molecule has 0 spiro atoms. The third-order valence-corrected chi connectivity index (χ3v) is 4.51. The molecule has 1 amide bonds. The lowest BCUT2D eigenvalue weighted by Crippen LogP contribution is -2.32. The number of phenolic OH excluding ortho intramolecular Hbond substituents is 2. The molecule has 6 nitrogen and oxygen atoms in total. The van der Waals surface area contributed by atoms with E-state index >= 15 is 0 Å². The van der Waals surface area contributed by atoms with E-state index in [0.29, 0.717) is 24.4 Å². The number of ether oxygens (including phenoxy) is 1. The summed E-state index contributed by atoms with van der Waals surface area (Å²) in [5.41, 5.74) is 2.90. The average molecular weight is 362 g/mol. The molecular formula is C21H18N2O4. The van der Waals surface area contributed by atoms with E-state index in [1.54, 1.807) is 35.5 Å². The molecule has 0 unspecified atom stereocenters. The van der Waals surface area contributed by atoms with E-state index in [9.17, 15) is 15.0 Å². The summed E-state index contributed by atoms with van der Waals surface area (Å²) in [5.74, 6) is 0.411. The summed E-state index contributed by atoms with van der Waals surface area (Å²) >= 11 is 0. The Labute approximate surface area is 156 Å². The Kier molecular flexibility index (Phi) is 4.38. The van der Waals surface area contributed by atoms with E-state index in [1.807, 2.05) is 18.2 Å². The lowest BCUT2D eigenvalue weighted by atomic mass is 10.0. The Morgan fingerprint density at radius 3 is 2.63 bits per heavy atom. The van der Waals surface area contributed by atoms with Crippen molar-refractivity contribution >= 4 is 5.91 Å². The van der Waals surface area contributed by atoms with Gasteiger partial charge in [0.2, 0.25) is 0 Å². The number of benzene rings is 2. The molecule has 2 N–H and O–H groups in total. The highest BCUT2D eigenvalue weighted by molar-refractivity contribution is 5.94. The predicted molar refractivity (Wildman–Crippen MR) is 99.7 cm³/mol. The SMILES string of the molecule is O=C(c1ccc(O)cc1)N1CCOc2c(O)cc(-c3cccnc3)cc2C1. The van der Waals surface area contributed by atoms with Crippen molar-refractivity contribution in [2.75, 3.05) is 13.2 Å². The van der Waals surface area contributed by atoms with Crippen LogP contribution >= 0.6 is 0 Å². The first kappa shape index (κ1) is 16.9. The minimum atomic E-state index is -0.155. The van der Waals surface area contributed by atoms with E-state index in [1.165, 1.54) is 12.1 Å². The minimum Gasteiger partial charge on any atom is -0.508 e. The number of nitrogens with zero attached hydrogens (tertiary/aromatic N) is 2. The number of fused-ring (bicyclic) bond motifs is 1. The predicted octanol–water partition coefficient (Wildman–Crippen LogP) is 3.19. The molecule has 1 aromatic heterocycles. The fraction of sp³-hybridized carbons (Fsp3) is 0.143. The first-order valence-corrected chi connectivity index (χ1v) is 8.59. The van der Waals surface area contributed by atoms with Crippen LogP contribution in [0.2, 0.25) is 0 Å². The van der Waals surface area contributed by atoms with Gasteiger partial charge in [-0.1, -0.05) is 6.07 Å². The topological polar surface area (TPSA) is 82.9 Å². The maximum Gasteiger partial charge on any atom is 0.254 e. The van der Waals surface area contributed by atoms with Crippen LogP contribution in [0.25, 0.3) is 11.1 Å². The summed E-state index contributed by atoms with van der Waals surface area (Å²) < 4.78 is 5.71. The van der Waals surface area contributed by atoms with Crippen LogP contribution in [0.5, 0.6) is 17.2 Å². The second-order valence-corrected chi connectivity index (χ2v) is 6.35. The summed E-state index contributed by atoms with van der Waals surface area (Å²) in [7, 11) is 0. The van der Waals surface area contributed by atoms with Crippen LogP contribution in [-0.2, 0) is 6.54 Å². The van der Waals surface area contributed by atoms with Crippen molar-refractivity contribution in [2.24, 2.45) is 0 Å². The summed E-state index contributed by atoms with van der Waals surface area (Å²) in [6, 6.07) is 13.5. The lowest BCUT2D eigenvalue weighted by molar-refractivity contribution is 0.0733. The molecule has 136 valence electrons. The molecule has 0 saturated carbocycles. The number of hydrogen-bond donors (Lipinski definition) is 2. The minimum absolute atomic E-state index is 0.0466. The highest BCUT2D eigenvalue weighted by Gasteiger charge is 2.23. The van der Waals surface area contributed by atoms with Gasteiger partial charge in [-0.15, -0.1) is 0 Å². The molecule has 0 fully saturated rings. The molecular weight excluding hydrogens is 344 g/mol. The fourth-order valence-electron chi connectivity index (χ4n) is 3.16. The van der Waals surface area contributed by atoms with Crippen LogP contribution in [0.1, 0.15) is 15.9 Å². The molecule has 6 heteroatoms. The maximum atomic E-state index is 12.8. The van der Waals surface area contributed by atoms with Crippen molar-refractivity contribution in [3.05, 3.63) is 72.1 Å². The van der Waals surface area contributed by atoms with Gasteiger partial charge in [-0.05, 0) is 48.0 Å². The maximum absolute atomic E-state index is 12.8. The van der Waals surface area contributed by atoms with Crippen LogP contribution in [0.3, 0.4) is 0 Å². The zero-order valence-electron chi connectivity index (χ0n) is 14.5. The number of aromatic hydroxyl groups is 2. The number of pyridine rings is 1. The number of phenols is 2. The normalized spacial score (nSPS) is 13.4. The van der Waals surface area contributed by atoms with Gasteiger partial charge >= 0.3 is 0 Å². The molecule has 2 heterocycles. The Morgan fingerprint density at radius 1 is 1.07 bits per heavy atom. The quantitative estimate of drug-likeness (QED) is 0.732. The number of carbonyl (C=O) groups is 1. The van der Waals surface area contributed by atoms with Gasteiger partial charge in [-0.2, -0.15) is 0 Å². The molecule has 0 bridgehead atoms. The molecule has 1 aliphatic rings. The summed E-state index contributed by atoms with van der Waals surface area (Å²) in [6.45, 7) is 1.00. The van der Waals surface area contributed by atoms with Gasteiger partial charge in [-0.3, -0.25) is 9.78 Å². The average Bonchev–Trinajstić information content (AvgIpc) is 2.91. The number of rotatable bonds is 2. The molecule has 4 rings (SSSR count). The molecule has 1 aliphatic heterocycles. The summed E-state index contributed by atoms with van der Waals surface area (Å²) in [5, 5.41) is 19.8. The van der Waals surface area contributed by atoms with Gasteiger partial charge in [0, 0.05) is 35.6 Å². The first-order valence-electron chi connectivity index (χ1n) is 8.59. The Bertz CT molecular complexity index is 971. The van der Waals surface area contributed by atoms with E-state index in [0.717, 1.165) is 16.7 Å². The third kappa shape index (κ3) is 3.42. The van der Waals surface area contributed by atoms with Crippen molar-refractivity contribution in [3.63, 3.8) is 0 Å². The van der Waals surface area contributed by atoms with E-state index in [2.05, 4.69) is 4.98 Å². The van der Waals surface area contributed by atoms with Crippen LogP contribution in [0.4, 0.5) is 0 Å². The van der Waals surface area contributed by atoms with Crippen molar-refractivity contribution in [1.82, 2.24) is 9.88 Å². The Hall–Kier alpha value is -3.54. The van der Waals surface area contributed by atoms with Crippen molar-refractivity contribution in [1.29, 1.82) is 0 Å². The van der Waals surface area contributed by atoms with E-state index in [-0.39, 0.29) is 24.0 Å². The van der Waals surface area contributed by atoms with Crippen molar-refractivity contribution in [2.45, 2.75) is 6.54 Å². The number of aromatic nitrogens is 1. The summed E-state index contributed by atoms with van der Waals surface area (Å²) in [4.78, 5) is 18.6. The molecule has 0 atom stereocenters. The molecule has 0 radical (unpaired) electrons. The van der Waals surface area contributed by atoms with E-state index < -0.39 is 0 Å². The first-order chi connectivity index (χ1) is 13.1. The Morgan fingerprint density at radius 2 is 1.89 bits per heavy atom. The highest BCUT2D eigenvalue weighted by atomic mass is 16.5. The fourth-order valence-corrected chi connectivity index (χ4v) is 3.16. The van der Waals surface area contributed by atoms with Gasteiger partial charge in [0.1, 0.15) is 12.4 Å². The largest absolute Gasteiger partial charge is 0.508 e. The van der Waals surface area contributed by atoms with Crippen LogP contribution < -0.4 is 4.74 Å². The number of hydrogen-bond acceptors (Lipinski definition) is 5. The van der Waals surface area contributed by atoms with Crippen molar-refractivity contribution < 1.29 is 19.7 Å². The molecule has 3 aromatic rings. The monoisotopic (exact) mass is 362 g/mol. The summed E-state index contributed by atoms with van der Waals surface area (Å²) in [6.07, 6.45) is 3.41. The van der Waals surface area contributed by atoms with Gasteiger partial charge < -0.3 is 19.8 Å². The smallest absolute Gasteiger partial charge is 0.254 e. The van der Waals surface area contributed by atoms with Crippen molar-refractivity contribution in [3.8, 4) is 28.4 Å². The third-order valence-electron chi connectivity index (χ3n) is 4.51. The zero-order chi connectivity index (χ0) is 18.8. The van der Waals surface area contributed by atoms with E-state index in [4.69, 9.17) is 4.74 Å². The van der Waals surface area contributed by atoms with Gasteiger partial charge in [0.25, 0.3) is 5.91 Å². The zero-order valence-corrected chi connectivity index (χ0v) is 14.5. The molecule has 0 aliphatic carbocycles. The van der Waals surface area contributed by atoms with Crippen LogP contribution in [-0.4, -0.2) is 39.2 Å². The highest BCUT2D eigenvalue weighted by Crippen LogP contribution is 2.37. The number of amides is 1. The molecule has 2 aromatic carbocycles. The molecule has 27 heavy (non-hydrogen) atoms. The van der Waals surface area contributed by atoms with Gasteiger partial charge in [-0.25, -0.2) is 0 Å². The standard InChI is InChI=1S/C21H18N2O4/c24-18-5-3-14(4-6-18)21(26)23-8-9-27-20-17(13-23)10-16(11-19(20)25)15-2-1-7-22-12-15/h1-7,10-12,24-25H,8-9,13H2.